The van der Waals surface area contributed by atoms with E-state index in [1.165, 1.54) is 0 Å². The third-order valence-corrected chi connectivity index (χ3v) is 2.42. The molecule has 0 aliphatic heterocycles. The molecule has 0 aromatic rings. The van der Waals surface area contributed by atoms with Crippen LogP contribution in [0.3, 0.4) is 0 Å². The van der Waals surface area contributed by atoms with Crippen molar-refractivity contribution in [1.29, 1.82) is 0 Å². The Kier molecular flexibility index (Phi) is 2.92. The minimum atomic E-state index is -0.746. The zero-order chi connectivity index (χ0) is 9.14. The fourth-order valence-electron chi connectivity index (χ4n) is 1.75. The highest BCUT2D eigenvalue weighted by Gasteiger charge is 2.33. The van der Waals surface area contributed by atoms with Crippen LogP contribution in [0.4, 0.5) is 4.79 Å². The fourth-order valence-corrected chi connectivity index (χ4v) is 1.75. The van der Waals surface area contributed by atoms with Crippen LogP contribution in [-0.4, -0.2) is 23.4 Å². The van der Waals surface area contributed by atoms with Gasteiger partial charge in [-0.15, -0.1) is 0 Å². The number of hydrogen-bond donors (Lipinski definition) is 2. The van der Waals surface area contributed by atoms with Gasteiger partial charge in [-0.05, 0) is 12.3 Å². The van der Waals surface area contributed by atoms with Gasteiger partial charge in [-0.1, -0.05) is 13.3 Å². The molecule has 0 heterocycles. The Morgan fingerprint density at radius 3 is 2.75 bits per heavy atom. The van der Waals surface area contributed by atoms with E-state index in [9.17, 15) is 9.90 Å². The number of ether oxygens (including phenoxy) is 1. The van der Waals surface area contributed by atoms with Gasteiger partial charge in [-0.3, -0.25) is 0 Å². The first-order valence-corrected chi connectivity index (χ1v) is 4.27. The molecule has 4 heteroatoms. The van der Waals surface area contributed by atoms with Crippen molar-refractivity contribution in [2.45, 2.75) is 38.4 Å². The molecule has 1 saturated carbocycles. The van der Waals surface area contributed by atoms with Crippen molar-refractivity contribution >= 4 is 6.09 Å². The lowest BCUT2D eigenvalue weighted by Gasteiger charge is -2.09. The van der Waals surface area contributed by atoms with E-state index in [4.69, 9.17) is 10.5 Å². The SMILES string of the molecule is CC[C@@H]1CC(OC(N)=O)C[C@H]1O. The molecule has 1 aliphatic rings. The molecule has 1 aliphatic carbocycles. The summed E-state index contributed by atoms with van der Waals surface area (Å²) in [5, 5.41) is 9.44. The molecule has 0 bridgehead atoms. The third-order valence-electron chi connectivity index (χ3n) is 2.42. The van der Waals surface area contributed by atoms with Gasteiger partial charge in [0.25, 0.3) is 0 Å². The van der Waals surface area contributed by atoms with Crippen molar-refractivity contribution in [2.75, 3.05) is 0 Å². The van der Waals surface area contributed by atoms with Crippen molar-refractivity contribution in [1.82, 2.24) is 0 Å². The van der Waals surface area contributed by atoms with Crippen molar-refractivity contribution in [3.8, 4) is 0 Å². The van der Waals surface area contributed by atoms with Crippen LogP contribution in [0.15, 0.2) is 0 Å². The molecule has 3 atom stereocenters. The monoisotopic (exact) mass is 173 g/mol. The molecule has 1 fully saturated rings. The lowest BCUT2D eigenvalue weighted by molar-refractivity contribution is 0.0947. The van der Waals surface area contributed by atoms with Crippen LogP contribution in [0.25, 0.3) is 0 Å². The van der Waals surface area contributed by atoms with E-state index in [2.05, 4.69) is 0 Å². The fraction of sp³-hybridized carbons (Fsp3) is 0.875. The van der Waals surface area contributed by atoms with Gasteiger partial charge >= 0.3 is 6.09 Å². The van der Waals surface area contributed by atoms with E-state index in [0.29, 0.717) is 6.42 Å². The Balaban J connectivity index is 2.37. The third kappa shape index (κ3) is 2.11. The van der Waals surface area contributed by atoms with Gasteiger partial charge in [0.05, 0.1) is 6.10 Å². The largest absolute Gasteiger partial charge is 0.446 e. The molecular weight excluding hydrogens is 158 g/mol. The summed E-state index contributed by atoms with van der Waals surface area (Å²) in [6.45, 7) is 2.01. The molecule has 4 nitrogen and oxygen atoms in total. The molecule has 0 aromatic carbocycles. The molecule has 0 radical (unpaired) electrons. The van der Waals surface area contributed by atoms with Crippen LogP contribution in [-0.2, 0) is 4.74 Å². The summed E-state index contributed by atoms with van der Waals surface area (Å²) in [4.78, 5) is 10.4. The quantitative estimate of drug-likeness (QED) is 0.643. The van der Waals surface area contributed by atoms with E-state index >= 15 is 0 Å². The van der Waals surface area contributed by atoms with Gasteiger partial charge in [0.1, 0.15) is 6.10 Å². The average Bonchev–Trinajstić information content (AvgIpc) is 2.29. The van der Waals surface area contributed by atoms with Crippen LogP contribution in [0.2, 0.25) is 0 Å². The summed E-state index contributed by atoms with van der Waals surface area (Å²) in [6.07, 6.45) is 0.924. The number of hydrogen-bond acceptors (Lipinski definition) is 3. The summed E-state index contributed by atoms with van der Waals surface area (Å²) in [6, 6.07) is 0. The predicted octanol–water partition coefficient (Wildman–Crippen LogP) is 0.631. The first-order valence-electron chi connectivity index (χ1n) is 4.27. The number of nitrogens with two attached hydrogens (primary N) is 1. The van der Waals surface area contributed by atoms with E-state index in [-0.39, 0.29) is 18.1 Å². The Morgan fingerprint density at radius 1 is 1.67 bits per heavy atom. The second-order valence-corrected chi connectivity index (χ2v) is 3.27. The topological polar surface area (TPSA) is 72.5 Å². The highest BCUT2D eigenvalue weighted by molar-refractivity contribution is 5.64. The maximum absolute atomic E-state index is 10.4. The average molecular weight is 173 g/mol. The maximum atomic E-state index is 10.4. The highest BCUT2D eigenvalue weighted by Crippen LogP contribution is 2.30. The van der Waals surface area contributed by atoms with Crippen LogP contribution in [0.5, 0.6) is 0 Å². The number of amides is 1. The molecule has 0 aromatic heterocycles. The highest BCUT2D eigenvalue weighted by atomic mass is 16.6. The first-order chi connectivity index (χ1) is 5.63. The van der Waals surface area contributed by atoms with Crippen molar-refractivity contribution in [2.24, 2.45) is 11.7 Å². The van der Waals surface area contributed by atoms with Crippen LogP contribution < -0.4 is 5.73 Å². The van der Waals surface area contributed by atoms with E-state index in [0.717, 1.165) is 12.8 Å². The summed E-state index contributed by atoms with van der Waals surface area (Å²) in [7, 11) is 0. The Labute approximate surface area is 71.7 Å². The smallest absolute Gasteiger partial charge is 0.404 e. The lowest BCUT2D eigenvalue weighted by atomic mass is 10.0. The van der Waals surface area contributed by atoms with E-state index < -0.39 is 6.09 Å². The van der Waals surface area contributed by atoms with Crippen molar-refractivity contribution < 1.29 is 14.6 Å². The summed E-state index contributed by atoms with van der Waals surface area (Å²) in [5.74, 6) is 0.259. The normalized spacial score (nSPS) is 35.0. The summed E-state index contributed by atoms with van der Waals surface area (Å²) < 4.78 is 4.79. The number of carbonyl (C=O) groups is 1. The number of aliphatic hydroxyl groups excluding tert-OH is 1. The predicted molar refractivity (Wildman–Crippen MR) is 43.5 cm³/mol. The Hall–Kier alpha value is -0.770. The lowest BCUT2D eigenvalue weighted by Crippen LogP contribution is -2.20. The van der Waals surface area contributed by atoms with Crippen LogP contribution in [0, 0.1) is 5.92 Å². The molecule has 1 rings (SSSR count). The first kappa shape index (κ1) is 9.32. The summed E-state index contributed by atoms with van der Waals surface area (Å²) >= 11 is 0. The Morgan fingerprint density at radius 2 is 2.33 bits per heavy atom. The molecule has 0 saturated heterocycles. The van der Waals surface area contributed by atoms with Crippen LogP contribution >= 0.6 is 0 Å². The van der Waals surface area contributed by atoms with E-state index in [1.807, 2.05) is 6.92 Å². The Bertz CT molecular complexity index is 172. The van der Waals surface area contributed by atoms with Gasteiger partial charge in [0, 0.05) is 6.42 Å². The molecule has 1 unspecified atom stereocenters. The molecule has 0 spiro atoms. The molecule has 70 valence electrons. The number of aliphatic hydroxyl groups is 1. The van der Waals surface area contributed by atoms with Gasteiger partial charge in [-0.2, -0.15) is 0 Å². The minimum Gasteiger partial charge on any atom is -0.446 e. The number of carbonyl (C=O) groups excluding carboxylic acids is 1. The maximum Gasteiger partial charge on any atom is 0.404 e. The molecule has 12 heavy (non-hydrogen) atoms. The number of primary amides is 1. The van der Waals surface area contributed by atoms with Crippen molar-refractivity contribution in [3.05, 3.63) is 0 Å². The minimum absolute atomic E-state index is 0.178. The van der Waals surface area contributed by atoms with Crippen LogP contribution in [0.1, 0.15) is 26.2 Å². The zero-order valence-corrected chi connectivity index (χ0v) is 7.19. The van der Waals surface area contributed by atoms with Gasteiger partial charge in [0.15, 0.2) is 0 Å². The van der Waals surface area contributed by atoms with E-state index in [1.54, 1.807) is 0 Å². The standard InChI is InChI=1S/C8H15NO3/c1-2-5-3-6(4-7(5)10)12-8(9)11/h5-7,10H,2-4H2,1H3,(H2,9,11)/t5-,6?,7-/m1/s1. The molecule has 3 N–H and O–H groups in total. The summed E-state index contributed by atoms with van der Waals surface area (Å²) in [5.41, 5.74) is 4.86. The second kappa shape index (κ2) is 3.76. The zero-order valence-electron chi connectivity index (χ0n) is 7.19. The van der Waals surface area contributed by atoms with Gasteiger partial charge < -0.3 is 15.6 Å². The second-order valence-electron chi connectivity index (χ2n) is 3.27. The van der Waals surface area contributed by atoms with Gasteiger partial charge in [-0.25, -0.2) is 4.79 Å². The molecular formula is C8H15NO3. The number of rotatable bonds is 2. The van der Waals surface area contributed by atoms with Crippen molar-refractivity contribution in [3.63, 3.8) is 0 Å². The molecule has 1 amide bonds. The van der Waals surface area contributed by atoms with Gasteiger partial charge in [0.2, 0.25) is 0 Å².